The molecule has 3 aromatic heterocycles. The fraction of sp³-hybridized carbons (Fsp3) is 0.382. The first-order chi connectivity index (χ1) is 18.8. The lowest BCUT2D eigenvalue weighted by Gasteiger charge is -2.04. The Labute approximate surface area is 231 Å². The van der Waals surface area contributed by atoms with Gasteiger partial charge in [-0.05, 0) is 122 Å². The summed E-state index contributed by atoms with van der Waals surface area (Å²) in [6.07, 6.45) is 6.06. The third-order valence-electron chi connectivity index (χ3n) is 8.52. The van der Waals surface area contributed by atoms with Crippen LogP contribution < -0.4 is 0 Å². The number of aromatic amines is 2. The summed E-state index contributed by atoms with van der Waals surface area (Å²) >= 11 is 0. The van der Waals surface area contributed by atoms with Crippen LogP contribution in [0.2, 0.25) is 0 Å². The SMILES string of the molecule is CCCC1=C(C)c2cc3[nH]c(cc4[nH]c(cc5nc(cc1n2)C(CCC=O)=C5C)c(CC)c4C)c(CC)c3C. The highest BCUT2D eigenvalue weighted by atomic mass is 16.1. The molecule has 0 saturated carbocycles. The number of allylic oxidation sites excluding steroid dienone is 4. The topological polar surface area (TPSA) is 74.4 Å². The van der Waals surface area contributed by atoms with Crippen LogP contribution in [0.15, 0.2) is 24.3 Å². The zero-order valence-electron chi connectivity index (χ0n) is 24.4. The number of aldehydes is 1. The van der Waals surface area contributed by atoms with Crippen LogP contribution in [0.3, 0.4) is 0 Å². The van der Waals surface area contributed by atoms with Gasteiger partial charge < -0.3 is 14.8 Å². The maximum Gasteiger partial charge on any atom is 0.120 e. The summed E-state index contributed by atoms with van der Waals surface area (Å²) in [4.78, 5) is 29.1. The lowest BCUT2D eigenvalue weighted by atomic mass is 9.98. The fourth-order valence-electron chi connectivity index (χ4n) is 6.21. The highest BCUT2D eigenvalue weighted by Crippen LogP contribution is 2.37. The van der Waals surface area contributed by atoms with Crippen molar-refractivity contribution in [1.82, 2.24) is 19.9 Å². The van der Waals surface area contributed by atoms with Crippen LogP contribution >= 0.6 is 0 Å². The van der Waals surface area contributed by atoms with Gasteiger partial charge in [0.05, 0.1) is 22.8 Å². The molecule has 5 nitrogen and oxygen atoms in total. The Balaban J connectivity index is 1.96. The molecule has 5 heterocycles. The predicted octanol–water partition coefficient (Wildman–Crippen LogP) is 8.70. The van der Waals surface area contributed by atoms with Gasteiger partial charge in [-0.3, -0.25) is 0 Å². The Kier molecular flexibility index (Phi) is 7.44. The molecule has 2 aliphatic rings. The van der Waals surface area contributed by atoms with E-state index in [2.05, 4.69) is 82.7 Å². The Morgan fingerprint density at radius 3 is 1.64 bits per heavy atom. The number of nitrogens with zero attached hydrogens (tertiary/aromatic N) is 2. The van der Waals surface area contributed by atoms with E-state index < -0.39 is 0 Å². The molecule has 2 aliphatic heterocycles. The monoisotopic (exact) mass is 520 g/mol. The predicted molar refractivity (Wildman–Crippen MR) is 164 cm³/mol. The number of hydrogen-bond donors (Lipinski definition) is 2. The van der Waals surface area contributed by atoms with Crippen LogP contribution in [0.1, 0.15) is 105 Å². The molecular weight excluding hydrogens is 480 g/mol. The molecule has 5 rings (SSSR count). The van der Waals surface area contributed by atoms with Gasteiger partial charge in [0, 0.05) is 28.5 Å². The molecule has 2 N–H and O–H groups in total. The van der Waals surface area contributed by atoms with Crippen molar-refractivity contribution in [3.05, 3.63) is 69.3 Å². The third-order valence-corrected chi connectivity index (χ3v) is 8.52. The molecule has 0 fully saturated rings. The summed E-state index contributed by atoms with van der Waals surface area (Å²) in [6.45, 7) is 15.4. The number of H-pyrrole nitrogens is 2. The van der Waals surface area contributed by atoms with E-state index in [1.165, 1.54) is 33.4 Å². The summed E-state index contributed by atoms with van der Waals surface area (Å²) in [5, 5.41) is 0. The molecule has 0 spiro atoms. The van der Waals surface area contributed by atoms with Crippen molar-refractivity contribution in [3.8, 4) is 0 Å². The van der Waals surface area contributed by atoms with Crippen LogP contribution in [0.5, 0.6) is 0 Å². The molecule has 3 aromatic rings. The minimum absolute atomic E-state index is 0.482. The first-order valence-electron chi connectivity index (χ1n) is 14.4. The van der Waals surface area contributed by atoms with Gasteiger partial charge in [0.25, 0.3) is 0 Å². The smallest absolute Gasteiger partial charge is 0.120 e. The summed E-state index contributed by atoms with van der Waals surface area (Å²) in [5.74, 6) is 0. The van der Waals surface area contributed by atoms with E-state index in [9.17, 15) is 4.79 Å². The van der Waals surface area contributed by atoms with Crippen molar-refractivity contribution in [2.45, 2.75) is 87.0 Å². The van der Waals surface area contributed by atoms with Gasteiger partial charge in [0.2, 0.25) is 0 Å². The maximum absolute atomic E-state index is 11.3. The highest BCUT2D eigenvalue weighted by molar-refractivity contribution is 5.95. The van der Waals surface area contributed by atoms with Gasteiger partial charge in [-0.2, -0.15) is 0 Å². The van der Waals surface area contributed by atoms with Crippen molar-refractivity contribution in [3.63, 3.8) is 0 Å². The quantitative estimate of drug-likeness (QED) is 0.306. The highest BCUT2D eigenvalue weighted by Gasteiger charge is 2.21. The molecule has 0 unspecified atom stereocenters. The van der Waals surface area contributed by atoms with Crippen molar-refractivity contribution >= 4 is 50.6 Å². The number of aromatic nitrogens is 4. The van der Waals surface area contributed by atoms with Gasteiger partial charge >= 0.3 is 0 Å². The number of hydrogen-bond acceptors (Lipinski definition) is 3. The summed E-state index contributed by atoms with van der Waals surface area (Å²) in [7, 11) is 0. The molecule has 0 saturated heterocycles. The van der Waals surface area contributed by atoms with Crippen molar-refractivity contribution < 1.29 is 4.79 Å². The number of nitrogens with one attached hydrogen (secondary N) is 2. The summed E-state index contributed by atoms with van der Waals surface area (Å²) < 4.78 is 0. The minimum atomic E-state index is 0.482. The van der Waals surface area contributed by atoms with Crippen molar-refractivity contribution in [2.75, 3.05) is 0 Å². The lowest BCUT2D eigenvalue weighted by molar-refractivity contribution is -0.107. The van der Waals surface area contributed by atoms with E-state index >= 15 is 0 Å². The fourth-order valence-corrected chi connectivity index (χ4v) is 6.21. The standard InChI is InChI=1S/C34H40N4O/c1-8-12-25-21(6)28-15-27-19(4)23(9-2)31(35-27)16-29-20(5)24(10-3)32(36-29)17-30-22(7)26(13-11-14-39)34(38-30)18-33(25)37-28/h14-18,35-36H,8-13H2,1-7H3. The van der Waals surface area contributed by atoms with E-state index in [0.717, 1.165) is 88.0 Å². The zero-order chi connectivity index (χ0) is 27.8. The molecule has 0 amide bonds. The molecule has 0 radical (unpaired) electrons. The second-order valence-corrected chi connectivity index (χ2v) is 10.8. The largest absolute Gasteiger partial charge is 0.355 e. The van der Waals surface area contributed by atoms with Gasteiger partial charge in [-0.15, -0.1) is 0 Å². The number of fused-ring (bicyclic) bond motifs is 8. The van der Waals surface area contributed by atoms with Crippen LogP contribution in [0.25, 0.3) is 44.4 Å². The first-order valence-corrected chi connectivity index (χ1v) is 14.4. The third kappa shape index (κ3) is 4.69. The molecule has 5 heteroatoms. The van der Waals surface area contributed by atoms with Gasteiger partial charge in [0.15, 0.2) is 0 Å². The lowest BCUT2D eigenvalue weighted by Crippen LogP contribution is -1.88. The van der Waals surface area contributed by atoms with E-state index in [0.29, 0.717) is 12.8 Å². The van der Waals surface area contributed by atoms with Crippen molar-refractivity contribution in [1.29, 1.82) is 0 Å². The molecular formula is C34H40N4O. The van der Waals surface area contributed by atoms with E-state index in [1.807, 2.05) is 0 Å². The number of rotatable bonds is 7. The molecule has 39 heavy (non-hydrogen) atoms. The molecule has 0 atom stereocenters. The van der Waals surface area contributed by atoms with E-state index in [4.69, 9.17) is 9.97 Å². The van der Waals surface area contributed by atoms with Gasteiger partial charge in [-0.1, -0.05) is 27.2 Å². The first kappa shape index (κ1) is 26.9. The van der Waals surface area contributed by atoms with Crippen LogP contribution in [0.4, 0.5) is 0 Å². The second kappa shape index (κ2) is 10.8. The zero-order valence-corrected chi connectivity index (χ0v) is 24.4. The molecule has 8 bridgehead atoms. The molecule has 202 valence electrons. The number of carbonyl (C=O) groups is 1. The summed E-state index contributed by atoms with van der Waals surface area (Å²) in [6, 6.07) is 8.81. The normalized spacial score (nSPS) is 13.5. The Hall–Kier alpha value is -3.73. The van der Waals surface area contributed by atoms with E-state index in [-0.39, 0.29) is 0 Å². The molecule has 0 aliphatic carbocycles. The Bertz CT molecular complexity index is 1690. The summed E-state index contributed by atoms with van der Waals surface area (Å²) in [5.41, 5.74) is 18.3. The van der Waals surface area contributed by atoms with Crippen molar-refractivity contribution in [2.24, 2.45) is 0 Å². The van der Waals surface area contributed by atoms with E-state index in [1.54, 1.807) is 0 Å². The second-order valence-electron chi connectivity index (χ2n) is 10.8. The van der Waals surface area contributed by atoms with Crippen LogP contribution in [-0.2, 0) is 17.6 Å². The maximum atomic E-state index is 11.3. The molecule has 0 aromatic carbocycles. The van der Waals surface area contributed by atoms with Gasteiger partial charge in [-0.25, -0.2) is 9.97 Å². The number of carbonyl (C=O) groups excluding carboxylic acids is 1. The van der Waals surface area contributed by atoms with Crippen LogP contribution in [0, 0.1) is 13.8 Å². The van der Waals surface area contributed by atoms with Gasteiger partial charge in [0.1, 0.15) is 6.29 Å². The average Bonchev–Trinajstić information content (AvgIpc) is 3.57. The average molecular weight is 521 g/mol. The number of aryl methyl sites for hydroxylation is 4. The Morgan fingerprint density at radius 1 is 0.641 bits per heavy atom. The minimum Gasteiger partial charge on any atom is -0.355 e. The Morgan fingerprint density at radius 2 is 1.13 bits per heavy atom. The van der Waals surface area contributed by atoms with Crippen LogP contribution in [-0.4, -0.2) is 26.2 Å².